The maximum absolute atomic E-state index is 5.78. The van der Waals surface area contributed by atoms with Crippen molar-refractivity contribution in [1.29, 1.82) is 0 Å². The molecule has 5 heteroatoms. The lowest BCUT2D eigenvalue weighted by atomic mass is 9.77. The Bertz CT molecular complexity index is 425. The van der Waals surface area contributed by atoms with Crippen LogP contribution in [0.2, 0.25) is 0 Å². The molecular weight excluding hydrogens is 268 g/mol. The van der Waals surface area contributed by atoms with Crippen LogP contribution >= 0.6 is 0 Å². The van der Waals surface area contributed by atoms with Crippen LogP contribution in [0.3, 0.4) is 0 Å². The first-order valence-corrected chi connectivity index (χ1v) is 7.52. The number of ether oxygens (including phenoxy) is 3. The normalized spacial score (nSPS) is 22.5. The summed E-state index contributed by atoms with van der Waals surface area (Å²) in [5, 5.41) is 0. The molecular formula is C16H26N2O3. The van der Waals surface area contributed by atoms with Crippen molar-refractivity contribution in [2.45, 2.75) is 38.3 Å². The number of hydrogen-bond donors (Lipinski definition) is 2. The highest BCUT2D eigenvalue weighted by molar-refractivity contribution is 5.47. The lowest BCUT2D eigenvalue weighted by Gasteiger charge is -2.37. The second-order valence-corrected chi connectivity index (χ2v) is 5.45. The number of hydrazine groups is 1. The SMILES string of the molecule is CCOC1CC(CC(NN)c2c(OC)cccc2OC)C1. The molecule has 1 aliphatic carbocycles. The molecule has 0 aliphatic heterocycles. The first-order valence-electron chi connectivity index (χ1n) is 7.52. The number of benzene rings is 1. The van der Waals surface area contributed by atoms with E-state index in [0.29, 0.717) is 12.0 Å². The van der Waals surface area contributed by atoms with Gasteiger partial charge < -0.3 is 14.2 Å². The Morgan fingerprint density at radius 2 is 1.86 bits per heavy atom. The summed E-state index contributed by atoms with van der Waals surface area (Å²) in [5.74, 6) is 8.01. The lowest BCUT2D eigenvalue weighted by Crippen LogP contribution is -2.36. The minimum atomic E-state index is 0.0173. The highest BCUT2D eigenvalue weighted by Gasteiger charge is 2.33. The summed E-state index contributed by atoms with van der Waals surface area (Å²) in [6.45, 7) is 2.83. The van der Waals surface area contributed by atoms with E-state index in [9.17, 15) is 0 Å². The van der Waals surface area contributed by atoms with Gasteiger partial charge in [0.1, 0.15) is 11.5 Å². The van der Waals surface area contributed by atoms with Crippen LogP contribution in [0.1, 0.15) is 37.8 Å². The van der Waals surface area contributed by atoms with Crippen LogP contribution in [0.15, 0.2) is 18.2 Å². The zero-order chi connectivity index (χ0) is 15.2. The first kappa shape index (κ1) is 16.1. The van der Waals surface area contributed by atoms with Gasteiger partial charge in [0.25, 0.3) is 0 Å². The smallest absolute Gasteiger partial charge is 0.127 e. The van der Waals surface area contributed by atoms with Gasteiger partial charge in [-0.05, 0) is 44.2 Å². The van der Waals surface area contributed by atoms with E-state index in [1.54, 1.807) is 14.2 Å². The van der Waals surface area contributed by atoms with Crippen molar-refractivity contribution in [1.82, 2.24) is 5.43 Å². The topological polar surface area (TPSA) is 65.7 Å². The molecule has 0 spiro atoms. The Morgan fingerprint density at radius 3 is 2.33 bits per heavy atom. The van der Waals surface area contributed by atoms with Crippen LogP contribution in [0.4, 0.5) is 0 Å². The van der Waals surface area contributed by atoms with E-state index in [4.69, 9.17) is 20.1 Å². The van der Waals surface area contributed by atoms with Crippen molar-refractivity contribution in [3.05, 3.63) is 23.8 Å². The second kappa shape index (κ2) is 7.64. The number of nitrogens with two attached hydrogens (primary N) is 1. The van der Waals surface area contributed by atoms with Gasteiger partial charge in [0.05, 0.1) is 31.9 Å². The third-order valence-corrected chi connectivity index (χ3v) is 4.18. The van der Waals surface area contributed by atoms with Gasteiger partial charge >= 0.3 is 0 Å². The first-order chi connectivity index (χ1) is 10.2. The molecule has 1 aromatic carbocycles. The minimum Gasteiger partial charge on any atom is -0.496 e. The van der Waals surface area contributed by atoms with Gasteiger partial charge in [-0.2, -0.15) is 0 Å². The average Bonchev–Trinajstić information content (AvgIpc) is 2.48. The van der Waals surface area contributed by atoms with E-state index in [2.05, 4.69) is 5.43 Å². The largest absolute Gasteiger partial charge is 0.496 e. The van der Waals surface area contributed by atoms with Crippen molar-refractivity contribution in [2.24, 2.45) is 11.8 Å². The Morgan fingerprint density at radius 1 is 1.24 bits per heavy atom. The second-order valence-electron chi connectivity index (χ2n) is 5.45. The highest BCUT2D eigenvalue weighted by Crippen LogP contribution is 2.41. The Labute approximate surface area is 126 Å². The molecule has 0 amide bonds. The molecule has 0 bridgehead atoms. The van der Waals surface area contributed by atoms with E-state index in [0.717, 1.165) is 42.9 Å². The lowest BCUT2D eigenvalue weighted by molar-refractivity contribution is -0.0292. The molecule has 118 valence electrons. The monoisotopic (exact) mass is 294 g/mol. The van der Waals surface area contributed by atoms with Crippen molar-refractivity contribution >= 4 is 0 Å². The van der Waals surface area contributed by atoms with Crippen molar-refractivity contribution in [2.75, 3.05) is 20.8 Å². The van der Waals surface area contributed by atoms with Gasteiger partial charge in [-0.25, -0.2) is 0 Å². The molecule has 1 unspecified atom stereocenters. The third kappa shape index (κ3) is 3.67. The quantitative estimate of drug-likeness (QED) is 0.569. The molecule has 1 aliphatic rings. The molecule has 0 saturated heterocycles. The predicted molar refractivity (Wildman–Crippen MR) is 82.4 cm³/mol. The van der Waals surface area contributed by atoms with Gasteiger partial charge in [0, 0.05) is 6.61 Å². The maximum Gasteiger partial charge on any atom is 0.127 e. The highest BCUT2D eigenvalue weighted by atomic mass is 16.5. The van der Waals surface area contributed by atoms with Crippen LogP contribution in [-0.4, -0.2) is 26.9 Å². The van der Waals surface area contributed by atoms with Crippen LogP contribution < -0.4 is 20.7 Å². The molecule has 1 atom stereocenters. The van der Waals surface area contributed by atoms with E-state index >= 15 is 0 Å². The molecule has 0 heterocycles. The summed E-state index contributed by atoms with van der Waals surface area (Å²) in [4.78, 5) is 0. The maximum atomic E-state index is 5.78. The van der Waals surface area contributed by atoms with E-state index in [1.165, 1.54) is 0 Å². The molecule has 0 radical (unpaired) electrons. The summed E-state index contributed by atoms with van der Waals surface area (Å²) < 4.78 is 16.5. The number of methoxy groups -OCH3 is 2. The summed E-state index contributed by atoms with van der Waals surface area (Å²) in [6.07, 6.45) is 3.57. The Hall–Kier alpha value is -1.30. The van der Waals surface area contributed by atoms with Crippen LogP contribution in [0.25, 0.3) is 0 Å². The van der Waals surface area contributed by atoms with Crippen LogP contribution in [0, 0.1) is 5.92 Å². The van der Waals surface area contributed by atoms with Crippen LogP contribution in [0.5, 0.6) is 11.5 Å². The Balaban J connectivity index is 2.07. The zero-order valence-electron chi connectivity index (χ0n) is 13.1. The zero-order valence-corrected chi connectivity index (χ0v) is 13.1. The van der Waals surface area contributed by atoms with Gasteiger partial charge in [-0.15, -0.1) is 0 Å². The summed E-state index contributed by atoms with van der Waals surface area (Å²) in [7, 11) is 3.33. The standard InChI is InChI=1S/C16H26N2O3/c1-4-21-12-8-11(9-12)10-13(18-17)16-14(19-2)6-5-7-15(16)20-3/h5-7,11-13,18H,4,8-10,17H2,1-3H3. The van der Waals surface area contributed by atoms with Gasteiger partial charge in [0.2, 0.25) is 0 Å². The molecule has 3 N–H and O–H groups in total. The van der Waals surface area contributed by atoms with E-state index in [-0.39, 0.29) is 6.04 Å². The summed E-state index contributed by atoms with van der Waals surface area (Å²) in [6, 6.07) is 5.81. The Kier molecular flexibility index (Phi) is 5.85. The molecule has 1 aromatic rings. The number of rotatable bonds is 8. The van der Waals surface area contributed by atoms with Gasteiger partial charge in [-0.3, -0.25) is 11.3 Å². The van der Waals surface area contributed by atoms with E-state index in [1.807, 2.05) is 25.1 Å². The summed E-state index contributed by atoms with van der Waals surface area (Å²) in [5.41, 5.74) is 3.90. The fraction of sp³-hybridized carbons (Fsp3) is 0.625. The van der Waals surface area contributed by atoms with Crippen LogP contribution in [-0.2, 0) is 4.74 Å². The number of hydrogen-bond acceptors (Lipinski definition) is 5. The predicted octanol–water partition coefficient (Wildman–Crippen LogP) is 2.41. The van der Waals surface area contributed by atoms with Crippen molar-refractivity contribution < 1.29 is 14.2 Å². The summed E-state index contributed by atoms with van der Waals surface area (Å²) >= 11 is 0. The van der Waals surface area contributed by atoms with E-state index < -0.39 is 0 Å². The molecule has 1 saturated carbocycles. The third-order valence-electron chi connectivity index (χ3n) is 4.18. The minimum absolute atomic E-state index is 0.0173. The van der Waals surface area contributed by atoms with Gasteiger partial charge in [0.15, 0.2) is 0 Å². The van der Waals surface area contributed by atoms with Crippen molar-refractivity contribution in [3.8, 4) is 11.5 Å². The molecule has 2 rings (SSSR count). The fourth-order valence-electron chi connectivity index (χ4n) is 3.06. The molecule has 5 nitrogen and oxygen atoms in total. The fourth-order valence-corrected chi connectivity index (χ4v) is 3.06. The molecule has 0 aromatic heterocycles. The molecule has 21 heavy (non-hydrogen) atoms. The van der Waals surface area contributed by atoms with Gasteiger partial charge in [-0.1, -0.05) is 6.07 Å². The average molecular weight is 294 g/mol. The molecule has 1 fully saturated rings. The number of nitrogens with one attached hydrogen (secondary N) is 1. The van der Waals surface area contributed by atoms with Crippen molar-refractivity contribution in [3.63, 3.8) is 0 Å².